The molecule has 0 fully saturated rings. The zero-order valence-corrected chi connectivity index (χ0v) is 14.4. The number of nitrogens with one attached hydrogen (secondary N) is 1. The quantitative estimate of drug-likeness (QED) is 0.732. The van der Waals surface area contributed by atoms with Gasteiger partial charge in [-0.2, -0.15) is 0 Å². The van der Waals surface area contributed by atoms with Crippen molar-refractivity contribution in [1.29, 1.82) is 0 Å². The minimum absolute atomic E-state index is 0.182. The predicted molar refractivity (Wildman–Crippen MR) is 101 cm³/mol. The van der Waals surface area contributed by atoms with Gasteiger partial charge >= 0.3 is 0 Å². The summed E-state index contributed by atoms with van der Waals surface area (Å²) < 4.78 is 0. The smallest absolute Gasteiger partial charge is 0.277 e. The predicted octanol–water partition coefficient (Wildman–Crippen LogP) is 4.54. The van der Waals surface area contributed by atoms with Crippen molar-refractivity contribution >= 4 is 34.7 Å². The average Bonchev–Trinajstić information content (AvgIpc) is 2.65. The molecule has 1 amide bonds. The second-order valence-electron chi connectivity index (χ2n) is 5.28. The van der Waals surface area contributed by atoms with Crippen LogP contribution in [0.15, 0.2) is 67.0 Å². The lowest BCUT2D eigenvalue weighted by molar-refractivity contribution is 0.0983. The Morgan fingerprint density at radius 2 is 1.80 bits per heavy atom. The Morgan fingerprint density at radius 3 is 2.52 bits per heavy atom. The third kappa shape index (κ3) is 3.95. The van der Waals surface area contributed by atoms with Crippen molar-refractivity contribution in [2.75, 3.05) is 16.8 Å². The maximum Gasteiger partial charge on any atom is 0.277 e. The fourth-order valence-electron chi connectivity index (χ4n) is 2.43. The molecule has 1 N–H and O–H groups in total. The van der Waals surface area contributed by atoms with Gasteiger partial charge in [0, 0.05) is 18.3 Å². The summed E-state index contributed by atoms with van der Waals surface area (Å²) in [5.74, 6) is 0.328. The van der Waals surface area contributed by atoms with E-state index in [1.807, 2.05) is 55.5 Å². The van der Waals surface area contributed by atoms with Crippen molar-refractivity contribution in [1.82, 2.24) is 9.97 Å². The molecule has 3 rings (SSSR count). The molecule has 0 aliphatic rings. The topological polar surface area (TPSA) is 58.1 Å². The monoisotopic (exact) mass is 352 g/mol. The van der Waals surface area contributed by atoms with E-state index in [1.165, 1.54) is 6.33 Å². The number of para-hydroxylation sites is 2. The fraction of sp³-hybridized carbons (Fsp3) is 0.105. The average molecular weight is 353 g/mol. The van der Waals surface area contributed by atoms with Gasteiger partial charge in [-0.25, -0.2) is 9.97 Å². The first-order valence-corrected chi connectivity index (χ1v) is 8.27. The van der Waals surface area contributed by atoms with Gasteiger partial charge in [0.15, 0.2) is 0 Å². The van der Waals surface area contributed by atoms with Crippen LogP contribution in [-0.4, -0.2) is 22.4 Å². The Bertz CT molecular complexity index is 870. The van der Waals surface area contributed by atoms with Crippen molar-refractivity contribution in [3.63, 3.8) is 0 Å². The Morgan fingerprint density at radius 1 is 1.08 bits per heavy atom. The van der Waals surface area contributed by atoms with Gasteiger partial charge in [0.2, 0.25) is 0 Å². The summed E-state index contributed by atoms with van der Waals surface area (Å²) in [6.45, 7) is 2.47. The van der Waals surface area contributed by atoms with Gasteiger partial charge in [-0.3, -0.25) is 4.79 Å². The van der Waals surface area contributed by atoms with E-state index in [-0.39, 0.29) is 5.91 Å². The zero-order valence-electron chi connectivity index (χ0n) is 13.7. The fourth-order valence-corrected chi connectivity index (χ4v) is 2.62. The molecule has 1 aromatic heterocycles. The van der Waals surface area contributed by atoms with Crippen molar-refractivity contribution in [2.24, 2.45) is 0 Å². The van der Waals surface area contributed by atoms with E-state index in [2.05, 4.69) is 15.3 Å². The van der Waals surface area contributed by atoms with Gasteiger partial charge in [-0.1, -0.05) is 41.9 Å². The summed E-state index contributed by atoms with van der Waals surface area (Å²) >= 11 is 6.15. The highest BCUT2D eigenvalue weighted by Crippen LogP contribution is 2.24. The molecule has 0 saturated heterocycles. The molecule has 0 saturated carbocycles. The highest BCUT2D eigenvalue weighted by atomic mass is 35.5. The first-order valence-electron chi connectivity index (χ1n) is 7.89. The summed E-state index contributed by atoms with van der Waals surface area (Å²) in [7, 11) is 0. The lowest BCUT2D eigenvalue weighted by Gasteiger charge is -2.20. The second-order valence-corrected chi connectivity index (χ2v) is 5.69. The van der Waals surface area contributed by atoms with Crippen LogP contribution in [0.1, 0.15) is 17.4 Å². The SMILES string of the molecule is CCN(C(=O)c1cc(Nc2ccccc2Cl)ncn1)c1ccccc1. The van der Waals surface area contributed by atoms with E-state index in [1.54, 1.807) is 17.0 Å². The van der Waals surface area contributed by atoms with E-state index >= 15 is 0 Å². The van der Waals surface area contributed by atoms with E-state index in [4.69, 9.17) is 11.6 Å². The number of rotatable bonds is 5. The number of anilines is 3. The standard InChI is InChI=1S/C19H17ClN4O/c1-2-24(14-8-4-3-5-9-14)19(25)17-12-18(22-13-21-17)23-16-11-7-6-10-15(16)20/h3-13H,2H2,1H3,(H,21,22,23). The first-order chi connectivity index (χ1) is 12.2. The molecule has 25 heavy (non-hydrogen) atoms. The van der Waals surface area contributed by atoms with Crippen LogP contribution in [-0.2, 0) is 0 Å². The summed E-state index contributed by atoms with van der Waals surface area (Å²) in [6.07, 6.45) is 1.37. The molecule has 0 atom stereocenters. The van der Waals surface area contributed by atoms with Crippen LogP contribution in [0.25, 0.3) is 0 Å². The Kier molecular flexibility index (Phi) is 5.26. The highest BCUT2D eigenvalue weighted by Gasteiger charge is 2.18. The molecule has 126 valence electrons. The molecular formula is C19H17ClN4O. The number of amides is 1. The first kappa shape index (κ1) is 16.9. The molecular weight excluding hydrogens is 336 g/mol. The van der Waals surface area contributed by atoms with Gasteiger partial charge in [0.1, 0.15) is 17.8 Å². The number of hydrogen-bond donors (Lipinski definition) is 1. The second kappa shape index (κ2) is 7.77. The van der Waals surface area contributed by atoms with Gasteiger partial charge in [0.25, 0.3) is 5.91 Å². The van der Waals surface area contributed by atoms with E-state index in [9.17, 15) is 4.79 Å². The number of nitrogens with zero attached hydrogens (tertiary/aromatic N) is 3. The van der Waals surface area contributed by atoms with Gasteiger partial charge in [-0.15, -0.1) is 0 Å². The van der Waals surface area contributed by atoms with Gasteiger partial charge in [-0.05, 0) is 31.2 Å². The summed E-state index contributed by atoms with van der Waals surface area (Å²) in [4.78, 5) is 22.8. The number of benzene rings is 2. The molecule has 0 spiro atoms. The lowest BCUT2D eigenvalue weighted by atomic mass is 10.2. The number of aromatic nitrogens is 2. The van der Waals surface area contributed by atoms with E-state index < -0.39 is 0 Å². The third-order valence-electron chi connectivity index (χ3n) is 3.65. The van der Waals surface area contributed by atoms with Gasteiger partial charge < -0.3 is 10.2 Å². The van der Waals surface area contributed by atoms with Gasteiger partial charge in [0.05, 0.1) is 10.7 Å². The minimum atomic E-state index is -0.182. The number of carbonyl (C=O) groups excluding carboxylic acids is 1. The number of hydrogen-bond acceptors (Lipinski definition) is 4. The van der Waals surface area contributed by atoms with E-state index in [0.717, 1.165) is 11.4 Å². The van der Waals surface area contributed by atoms with Crippen molar-refractivity contribution < 1.29 is 4.79 Å². The molecule has 5 nitrogen and oxygen atoms in total. The van der Waals surface area contributed by atoms with Crippen LogP contribution in [0.5, 0.6) is 0 Å². The Hall–Kier alpha value is -2.92. The van der Waals surface area contributed by atoms with Crippen molar-refractivity contribution in [3.05, 3.63) is 77.7 Å². The van der Waals surface area contributed by atoms with Crippen molar-refractivity contribution in [3.8, 4) is 0 Å². The maximum absolute atomic E-state index is 12.8. The van der Waals surface area contributed by atoms with Crippen LogP contribution in [0, 0.1) is 0 Å². The third-order valence-corrected chi connectivity index (χ3v) is 3.98. The molecule has 3 aromatic rings. The Labute approximate surface area is 151 Å². The maximum atomic E-state index is 12.8. The molecule has 0 bridgehead atoms. The molecule has 0 aliphatic heterocycles. The highest BCUT2D eigenvalue weighted by molar-refractivity contribution is 6.33. The normalized spacial score (nSPS) is 10.3. The summed E-state index contributed by atoms with van der Waals surface area (Å²) in [5, 5.41) is 3.69. The lowest BCUT2D eigenvalue weighted by Crippen LogP contribution is -2.31. The zero-order chi connectivity index (χ0) is 17.6. The van der Waals surface area contributed by atoms with Crippen LogP contribution < -0.4 is 10.2 Å². The molecule has 2 aromatic carbocycles. The molecule has 6 heteroatoms. The van der Waals surface area contributed by atoms with Crippen LogP contribution in [0.2, 0.25) is 5.02 Å². The van der Waals surface area contributed by atoms with Crippen LogP contribution in [0.4, 0.5) is 17.2 Å². The molecule has 0 unspecified atom stereocenters. The number of halogens is 1. The van der Waals surface area contributed by atoms with E-state index in [0.29, 0.717) is 23.1 Å². The minimum Gasteiger partial charge on any atom is -0.339 e. The van der Waals surface area contributed by atoms with Crippen LogP contribution in [0.3, 0.4) is 0 Å². The summed E-state index contributed by atoms with van der Waals surface area (Å²) in [6, 6.07) is 18.5. The number of carbonyl (C=O) groups is 1. The van der Waals surface area contributed by atoms with Crippen LogP contribution >= 0.6 is 11.6 Å². The Balaban J connectivity index is 1.85. The molecule has 0 radical (unpaired) electrons. The molecule has 1 heterocycles. The summed E-state index contributed by atoms with van der Waals surface area (Å²) in [5.41, 5.74) is 1.86. The molecule has 0 aliphatic carbocycles. The van der Waals surface area contributed by atoms with Crippen molar-refractivity contribution in [2.45, 2.75) is 6.92 Å². The largest absolute Gasteiger partial charge is 0.339 e.